The first-order valence-electron chi connectivity index (χ1n) is 13.9. The smallest absolute Gasteiger partial charge is 0.318 e. The summed E-state index contributed by atoms with van der Waals surface area (Å²) in [5.74, 6) is -0.613. The molecule has 0 saturated carbocycles. The number of methoxy groups -OCH3 is 1. The fourth-order valence-corrected chi connectivity index (χ4v) is 6.86. The number of pyridine rings is 1. The molecule has 2 unspecified atom stereocenters. The number of carbonyl (C=O) groups is 1. The second-order valence-corrected chi connectivity index (χ2v) is 11.7. The van der Waals surface area contributed by atoms with Crippen LogP contribution in [0.15, 0.2) is 47.9 Å². The number of nitrogens with zero attached hydrogens (tertiary/aromatic N) is 6. The van der Waals surface area contributed by atoms with E-state index in [9.17, 15) is 18.7 Å². The lowest BCUT2D eigenvalue weighted by Crippen LogP contribution is -2.56. The summed E-state index contributed by atoms with van der Waals surface area (Å²) in [6.45, 7) is 0.626. The summed E-state index contributed by atoms with van der Waals surface area (Å²) in [5.41, 5.74) is -0.310. The van der Waals surface area contributed by atoms with Crippen LogP contribution in [0, 0.1) is 24.0 Å². The van der Waals surface area contributed by atoms with Crippen molar-refractivity contribution in [3.63, 3.8) is 0 Å². The summed E-state index contributed by atoms with van der Waals surface area (Å²) in [7, 11) is 1.35. The van der Waals surface area contributed by atoms with Gasteiger partial charge in [0.15, 0.2) is 11.6 Å². The van der Waals surface area contributed by atoms with E-state index in [1.807, 2.05) is 4.90 Å². The highest BCUT2D eigenvalue weighted by atomic mass is 32.1. The van der Waals surface area contributed by atoms with Crippen molar-refractivity contribution in [1.82, 2.24) is 24.8 Å². The Kier molecular flexibility index (Phi) is 7.01. The molecule has 2 atom stereocenters. The van der Waals surface area contributed by atoms with Crippen LogP contribution in [0.25, 0.3) is 39.0 Å². The molecule has 2 aliphatic rings. The Labute approximate surface area is 258 Å². The number of halogens is 3. The number of ether oxygens (including phenoxy) is 1. The maximum atomic E-state index is 16.4. The monoisotopic (exact) mass is 628 g/mol. The van der Waals surface area contributed by atoms with Crippen LogP contribution in [0.5, 0.6) is 11.8 Å². The number of thiazole rings is 1. The highest BCUT2D eigenvalue weighted by Crippen LogP contribution is 2.40. The molecule has 0 spiro atoms. The van der Waals surface area contributed by atoms with Gasteiger partial charge in [0, 0.05) is 47.9 Å². The lowest BCUT2D eigenvalue weighted by atomic mass is 9.96. The number of hydrogen-bond donors (Lipinski definition) is 1. The summed E-state index contributed by atoms with van der Waals surface area (Å²) in [5, 5.41) is 13.4. The summed E-state index contributed by atoms with van der Waals surface area (Å²) < 4.78 is 51.4. The molecule has 2 saturated heterocycles. The summed E-state index contributed by atoms with van der Waals surface area (Å²) >= 11 is 1.23. The third kappa shape index (κ3) is 4.78. The standard InChI is InChI=1S/C32H23F3N6O3S/c1-3-20-23(33)7-4-16-10-19(42)11-21(26(16)20)28-27(35)29-22(13-37-28)30(39-32(38-29)44-2)40-14-17-5-6-18(15-40)41(17)31(43)24(34)12-25-36-8-9-45-25/h1,4,7-13,17-18,42H,5-6,14-15H2,2H3/b24-12-. The van der Waals surface area contributed by atoms with Crippen molar-refractivity contribution in [3.8, 4) is 35.4 Å². The van der Waals surface area contributed by atoms with Gasteiger partial charge in [0.1, 0.15) is 33.6 Å². The molecule has 2 aromatic carbocycles. The molecule has 226 valence electrons. The average Bonchev–Trinajstić information content (AvgIpc) is 3.64. The van der Waals surface area contributed by atoms with Crippen molar-refractivity contribution in [2.45, 2.75) is 24.9 Å². The van der Waals surface area contributed by atoms with Crippen LogP contribution in [0.4, 0.5) is 19.0 Å². The molecule has 7 rings (SSSR count). The topological polar surface area (TPSA) is 105 Å². The fraction of sp³-hybridized carbons (Fsp3) is 0.219. The van der Waals surface area contributed by atoms with E-state index >= 15 is 4.39 Å². The SMILES string of the molecule is C#Cc1c(F)ccc2cc(O)cc(-c3ncc4c(N5CC6CCC(C5)N6C(=O)/C(F)=C/c5nccs5)nc(OC)nc4c3F)c12. The third-order valence-electron chi connectivity index (χ3n) is 8.20. The van der Waals surface area contributed by atoms with E-state index in [1.165, 1.54) is 55.1 Å². The van der Waals surface area contributed by atoms with Crippen LogP contribution in [0.2, 0.25) is 0 Å². The Hall–Kier alpha value is -5.22. The Balaban J connectivity index is 1.29. The van der Waals surface area contributed by atoms with Gasteiger partial charge in [-0.1, -0.05) is 12.0 Å². The number of phenolic OH excluding ortho intramolecular Hbond substituents is 1. The Morgan fingerprint density at radius 3 is 2.64 bits per heavy atom. The van der Waals surface area contributed by atoms with Crippen molar-refractivity contribution < 1.29 is 27.8 Å². The molecule has 13 heteroatoms. The maximum absolute atomic E-state index is 16.4. The molecule has 5 heterocycles. The number of benzene rings is 2. The Bertz CT molecular complexity index is 2070. The van der Waals surface area contributed by atoms with Crippen LogP contribution in [0.1, 0.15) is 23.4 Å². The first-order valence-corrected chi connectivity index (χ1v) is 14.8. The van der Waals surface area contributed by atoms with Gasteiger partial charge in [-0.2, -0.15) is 9.97 Å². The number of rotatable bonds is 5. The number of hydrogen-bond acceptors (Lipinski definition) is 9. The average molecular weight is 629 g/mol. The zero-order chi connectivity index (χ0) is 31.4. The molecule has 2 fully saturated rings. The largest absolute Gasteiger partial charge is 0.508 e. The van der Waals surface area contributed by atoms with Crippen molar-refractivity contribution in [1.29, 1.82) is 0 Å². The molecule has 2 bridgehead atoms. The number of phenols is 1. The molecule has 0 radical (unpaired) electrons. The molecule has 9 nitrogen and oxygen atoms in total. The van der Waals surface area contributed by atoms with E-state index in [4.69, 9.17) is 11.2 Å². The molecule has 2 aliphatic heterocycles. The molecule has 1 amide bonds. The fourth-order valence-electron chi connectivity index (χ4n) is 6.30. The summed E-state index contributed by atoms with van der Waals surface area (Å²) in [6.07, 6.45) is 11.0. The van der Waals surface area contributed by atoms with E-state index in [-0.39, 0.29) is 57.0 Å². The van der Waals surface area contributed by atoms with Gasteiger partial charge >= 0.3 is 6.01 Å². The van der Waals surface area contributed by atoms with Crippen LogP contribution < -0.4 is 9.64 Å². The Morgan fingerprint density at radius 1 is 1.18 bits per heavy atom. The predicted octanol–water partition coefficient (Wildman–Crippen LogP) is 5.47. The number of piperazine rings is 1. The zero-order valence-corrected chi connectivity index (χ0v) is 24.5. The molecule has 45 heavy (non-hydrogen) atoms. The Morgan fingerprint density at radius 2 is 1.96 bits per heavy atom. The molecule has 1 N–H and O–H groups in total. The number of aromatic nitrogens is 4. The second-order valence-electron chi connectivity index (χ2n) is 10.7. The third-order valence-corrected chi connectivity index (χ3v) is 8.92. The van der Waals surface area contributed by atoms with Crippen molar-refractivity contribution in [2.24, 2.45) is 0 Å². The first-order chi connectivity index (χ1) is 21.8. The predicted molar refractivity (Wildman–Crippen MR) is 163 cm³/mol. The van der Waals surface area contributed by atoms with E-state index in [1.54, 1.807) is 10.3 Å². The van der Waals surface area contributed by atoms with Crippen molar-refractivity contribution >= 4 is 50.8 Å². The number of anilines is 1. The van der Waals surface area contributed by atoms with E-state index in [0.29, 0.717) is 42.1 Å². The molecule has 0 aliphatic carbocycles. The number of amides is 1. The maximum Gasteiger partial charge on any atom is 0.318 e. The van der Waals surface area contributed by atoms with Gasteiger partial charge in [-0.15, -0.1) is 17.8 Å². The quantitative estimate of drug-likeness (QED) is 0.202. The van der Waals surface area contributed by atoms with Gasteiger partial charge in [0.2, 0.25) is 0 Å². The minimum Gasteiger partial charge on any atom is -0.508 e. The van der Waals surface area contributed by atoms with Crippen LogP contribution >= 0.6 is 11.3 Å². The first kappa shape index (κ1) is 28.5. The molecular formula is C32H23F3N6O3S. The highest BCUT2D eigenvalue weighted by molar-refractivity contribution is 7.10. The van der Waals surface area contributed by atoms with Gasteiger partial charge in [0.25, 0.3) is 5.91 Å². The highest BCUT2D eigenvalue weighted by Gasteiger charge is 2.44. The van der Waals surface area contributed by atoms with Crippen molar-refractivity contribution in [2.75, 3.05) is 25.1 Å². The minimum atomic E-state index is -0.879. The normalized spacial score (nSPS) is 18.1. The summed E-state index contributed by atoms with van der Waals surface area (Å²) in [4.78, 5) is 33.8. The van der Waals surface area contributed by atoms with Gasteiger partial charge in [-0.3, -0.25) is 9.78 Å². The molecule has 3 aromatic heterocycles. The number of terminal acetylenes is 1. The van der Waals surface area contributed by atoms with Crippen LogP contribution in [-0.4, -0.2) is 68.1 Å². The van der Waals surface area contributed by atoms with Gasteiger partial charge in [-0.05, 0) is 36.4 Å². The lowest BCUT2D eigenvalue weighted by molar-refractivity contribution is -0.131. The van der Waals surface area contributed by atoms with E-state index in [0.717, 1.165) is 6.08 Å². The van der Waals surface area contributed by atoms with Gasteiger partial charge < -0.3 is 19.6 Å². The zero-order valence-electron chi connectivity index (χ0n) is 23.7. The molecular weight excluding hydrogens is 605 g/mol. The van der Waals surface area contributed by atoms with E-state index < -0.39 is 23.4 Å². The van der Waals surface area contributed by atoms with Gasteiger partial charge in [0.05, 0.1) is 30.1 Å². The second kappa shape index (κ2) is 11.0. The van der Waals surface area contributed by atoms with Crippen LogP contribution in [0.3, 0.4) is 0 Å². The van der Waals surface area contributed by atoms with Crippen molar-refractivity contribution in [3.05, 3.63) is 70.1 Å². The molecule has 5 aromatic rings. The van der Waals surface area contributed by atoms with Gasteiger partial charge in [-0.25, -0.2) is 18.2 Å². The minimum absolute atomic E-state index is 0.0916. The number of fused-ring (bicyclic) bond motifs is 4. The number of carbonyl (C=O) groups excluding carboxylic acids is 1. The van der Waals surface area contributed by atoms with Crippen LogP contribution in [-0.2, 0) is 4.79 Å². The lowest BCUT2D eigenvalue weighted by Gasteiger charge is -2.41. The summed E-state index contributed by atoms with van der Waals surface area (Å²) in [6, 6.07) is 4.58. The van der Waals surface area contributed by atoms with E-state index in [2.05, 4.69) is 25.9 Å². The number of aromatic hydroxyl groups is 1.